The lowest BCUT2D eigenvalue weighted by atomic mass is 9.97. The summed E-state index contributed by atoms with van der Waals surface area (Å²) in [5.74, 6) is 0.449. The van der Waals surface area contributed by atoms with Crippen molar-refractivity contribution in [2.45, 2.75) is 54.4 Å². The van der Waals surface area contributed by atoms with Gasteiger partial charge in [0, 0.05) is 18.8 Å². The van der Waals surface area contributed by atoms with Crippen LogP contribution in [-0.2, 0) is 19.9 Å². The average Bonchev–Trinajstić information content (AvgIpc) is 3.17. The summed E-state index contributed by atoms with van der Waals surface area (Å²) in [5.41, 5.74) is 0. The summed E-state index contributed by atoms with van der Waals surface area (Å²) >= 11 is 0. The molecule has 1 saturated heterocycles. The van der Waals surface area contributed by atoms with Gasteiger partial charge in [0.05, 0.1) is 9.79 Å². The van der Waals surface area contributed by atoms with Crippen LogP contribution in [0.1, 0.15) is 38.5 Å². The van der Waals surface area contributed by atoms with Crippen molar-refractivity contribution in [2.75, 3.05) is 12.8 Å². The van der Waals surface area contributed by atoms with Gasteiger partial charge in [-0.05, 0) is 49.8 Å². The van der Waals surface area contributed by atoms with Crippen LogP contribution in [0.25, 0.3) is 0 Å². The van der Waals surface area contributed by atoms with Crippen molar-refractivity contribution < 1.29 is 16.8 Å². The summed E-state index contributed by atoms with van der Waals surface area (Å²) in [6.45, 7) is 0.534. The predicted octanol–water partition coefficient (Wildman–Crippen LogP) is 2.43. The minimum atomic E-state index is -3.64. The van der Waals surface area contributed by atoms with Crippen LogP contribution >= 0.6 is 0 Å². The molecule has 1 unspecified atom stereocenters. The summed E-state index contributed by atoms with van der Waals surface area (Å²) in [6.07, 6.45) is 7.44. The van der Waals surface area contributed by atoms with Gasteiger partial charge in [-0.25, -0.2) is 16.8 Å². The van der Waals surface area contributed by atoms with E-state index in [-0.39, 0.29) is 15.8 Å². The van der Waals surface area contributed by atoms with E-state index in [0.717, 1.165) is 31.9 Å². The minimum Gasteiger partial charge on any atom is -0.224 e. The third-order valence-corrected chi connectivity index (χ3v) is 8.06. The Labute approximate surface area is 138 Å². The standard InChI is InChI=1S/C16H23NO4S2/c1-22(18,19)14-8-4-9-15(12-14)23(20,21)17-11-5-10-16(17)13-6-2-3-7-13/h4,8-9,12-13,16H,2-3,5-7,10-11H2,1H3. The molecule has 0 radical (unpaired) electrons. The first-order valence-corrected chi connectivity index (χ1v) is 11.5. The molecule has 0 N–H and O–H groups in total. The first-order chi connectivity index (χ1) is 10.8. The van der Waals surface area contributed by atoms with Crippen molar-refractivity contribution in [3.63, 3.8) is 0 Å². The summed E-state index contributed by atoms with van der Waals surface area (Å²) in [6, 6.07) is 5.80. The number of hydrogen-bond donors (Lipinski definition) is 0. The summed E-state index contributed by atoms with van der Waals surface area (Å²) in [4.78, 5) is 0.139. The van der Waals surface area contributed by atoms with E-state index in [2.05, 4.69) is 0 Å². The van der Waals surface area contributed by atoms with Gasteiger partial charge in [0.25, 0.3) is 0 Å². The van der Waals surface area contributed by atoms with E-state index in [4.69, 9.17) is 0 Å². The van der Waals surface area contributed by atoms with E-state index in [9.17, 15) is 16.8 Å². The van der Waals surface area contributed by atoms with Crippen molar-refractivity contribution in [2.24, 2.45) is 5.92 Å². The number of sulfonamides is 1. The van der Waals surface area contributed by atoms with Crippen molar-refractivity contribution in [3.05, 3.63) is 24.3 Å². The van der Waals surface area contributed by atoms with Gasteiger partial charge in [-0.1, -0.05) is 18.9 Å². The molecule has 0 amide bonds. The molecular formula is C16H23NO4S2. The fourth-order valence-corrected chi connectivity index (χ4v) is 6.42. The van der Waals surface area contributed by atoms with E-state index >= 15 is 0 Å². The van der Waals surface area contributed by atoms with E-state index in [1.807, 2.05) is 0 Å². The Balaban J connectivity index is 1.94. The fourth-order valence-electron chi connectivity index (χ4n) is 3.88. The van der Waals surface area contributed by atoms with Gasteiger partial charge in [0.15, 0.2) is 9.84 Å². The molecule has 1 heterocycles. The molecule has 1 aromatic rings. The van der Waals surface area contributed by atoms with Gasteiger partial charge in [0.1, 0.15) is 0 Å². The molecule has 1 aliphatic carbocycles. The first-order valence-electron chi connectivity index (χ1n) is 8.12. The van der Waals surface area contributed by atoms with E-state index in [0.29, 0.717) is 12.5 Å². The monoisotopic (exact) mass is 357 g/mol. The van der Waals surface area contributed by atoms with Crippen molar-refractivity contribution >= 4 is 19.9 Å². The molecule has 0 bridgehead atoms. The van der Waals surface area contributed by atoms with Crippen LogP contribution in [0.2, 0.25) is 0 Å². The maximum absolute atomic E-state index is 13.0. The highest BCUT2D eigenvalue weighted by molar-refractivity contribution is 7.91. The molecule has 2 aliphatic rings. The third-order valence-electron chi connectivity index (χ3n) is 5.03. The normalized spacial score (nSPS) is 24.3. The van der Waals surface area contributed by atoms with Crippen molar-refractivity contribution in [1.29, 1.82) is 0 Å². The number of nitrogens with zero attached hydrogens (tertiary/aromatic N) is 1. The highest BCUT2D eigenvalue weighted by Gasteiger charge is 2.40. The second-order valence-electron chi connectivity index (χ2n) is 6.62. The Morgan fingerprint density at radius 3 is 2.26 bits per heavy atom. The summed E-state index contributed by atoms with van der Waals surface area (Å²) in [5, 5.41) is 0. The van der Waals surface area contributed by atoms with E-state index in [1.54, 1.807) is 4.31 Å². The van der Waals surface area contributed by atoms with Crippen LogP contribution in [-0.4, -0.2) is 40.0 Å². The topological polar surface area (TPSA) is 71.5 Å². The predicted molar refractivity (Wildman–Crippen MR) is 88.4 cm³/mol. The second kappa shape index (κ2) is 6.18. The first kappa shape index (κ1) is 16.9. The maximum atomic E-state index is 13.0. The van der Waals surface area contributed by atoms with E-state index in [1.165, 1.54) is 37.1 Å². The van der Waals surface area contributed by atoms with Crippen LogP contribution in [0.5, 0.6) is 0 Å². The highest BCUT2D eigenvalue weighted by Crippen LogP contribution is 2.38. The van der Waals surface area contributed by atoms with Gasteiger partial charge in [0.2, 0.25) is 10.0 Å². The van der Waals surface area contributed by atoms with Gasteiger partial charge in [-0.15, -0.1) is 0 Å². The molecule has 128 valence electrons. The largest absolute Gasteiger partial charge is 0.243 e. The zero-order valence-electron chi connectivity index (χ0n) is 13.3. The minimum absolute atomic E-state index is 0.0511. The molecule has 7 heteroatoms. The van der Waals surface area contributed by atoms with Gasteiger partial charge < -0.3 is 0 Å². The zero-order chi connectivity index (χ0) is 16.7. The molecule has 23 heavy (non-hydrogen) atoms. The van der Waals surface area contributed by atoms with E-state index < -0.39 is 19.9 Å². The quantitative estimate of drug-likeness (QED) is 0.830. The molecule has 0 spiro atoms. The lowest BCUT2D eigenvalue weighted by Gasteiger charge is -2.28. The Bertz CT molecular complexity index is 780. The van der Waals surface area contributed by atoms with Gasteiger partial charge in [-0.3, -0.25) is 0 Å². The van der Waals surface area contributed by atoms with Crippen LogP contribution < -0.4 is 0 Å². The fraction of sp³-hybridized carbons (Fsp3) is 0.625. The molecule has 2 fully saturated rings. The van der Waals surface area contributed by atoms with Crippen LogP contribution in [0.15, 0.2) is 34.1 Å². The van der Waals surface area contributed by atoms with Crippen LogP contribution in [0, 0.1) is 5.92 Å². The zero-order valence-corrected chi connectivity index (χ0v) is 14.9. The SMILES string of the molecule is CS(=O)(=O)c1cccc(S(=O)(=O)N2CCCC2C2CCCC2)c1. The lowest BCUT2D eigenvalue weighted by molar-refractivity contribution is 0.288. The third kappa shape index (κ3) is 3.32. The number of benzene rings is 1. The molecule has 1 aromatic carbocycles. The highest BCUT2D eigenvalue weighted by atomic mass is 32.2. The molecule has 1 atom stereocenters. The second-order valence-corrected chi connectivity index (χ2v) is 10.5. The lowest BCUT2D eigenvalue weighted by Crippen LogP contribution is -2.39. The Morgan fingerprint density at radius 1 is 0.957 bits per heavy atom. The number of rotatable bonds is 4. The Hall–Kier alpha value is -0.920. The summed E-state index contributed by atoms with van der Waals surface area (Å²) in [7, 11) is -7.06. The van der Waals surface area contributed by atoms with Crippen LogP contribution in [0.4, 0.5) is 0 Å². The average molecular weight is 357 g/mol. The maximum Gasteiger partial charge on any atom is 0.243 e. The molecule has 5 nitrogen and oxygen atoms in total. The molecule has 0 aromatic heterocycles. The number of sulfone groups is 1. The van der Waals surface area contributed by atoms with Crippen LogP contribution in [0.3, 0.4) is 0 Å². The summed E-state index contributed by atoms with van der Waals surface area (Å²) < 4.78 is 51.0. The molecular weight excluding hydrogens is 334 g/mol. The van der Waals surface area contributed by atoms with Gasteiger partial charge >= 0.3 is 0 Å². The van der Waals surface area contributed by atoms with Crippen molar-refractivity contribution in [1.82, 2.24) is 4.31 Å². The Morgan fingerprint density at radius 2 is 1.61 bits per heavy atom. The smallest absolute Gasteiger partial charge is 0.224 e. The van der Waals surface area contributed by atoms with Gasteiger partial charge in [-0.2, -0.15) is 4.31 Å². The molecule has 3 rings (SSSR count). The Kier molecular flexibility index (Phi) is 4.55. The molecule has 1 saturated carbocycles. The number of hydrogen-bond acceptors (Lipinski definition) is 4. The van der Waals surface area contributed by atoms with Crippen molar-refractivity contribution in [3.8, 4) is 0 Å². The molecule has 1 aliphatic heterocycles.